The van der Waals surface area contributed by atoms with Crippen molar-refractivity contribution in [3.05, 3.63) is 29.6 Å². The third kappa shape index (κ3) is 2.16. The summed E-state index contributed by atoms with van der Waals surface area (Å²) in [7, 11) is 1.48. The molecule has 0 radical (unpaired) electrons. The first kappa shape index (κ1) is 12.8. The average Bonchev–Trinajstić information content (AvgIpc) is 2.71. The van der Waals surface area contributed by atoms with Crippen molar-refractivity contribution in [2.45, 2.75) is 24.9 Å². The number of hydrazine groups is 1. The zero-order valence-electron chi connectivity index (χ0n) is 10.1. The van der Waals surface area contributed by atoms with E-state index in [2.05, 4.69) is 10.9 Å². The van der Waals surface area contributed by atoms with Crippen LogP contribution in [0.1, 0.15) is 18.4 Å². The van der Waals surface area contributed by atoms with Gasteiger partial charge in [0.2, 0.25) is 0 Å². The number of nitrogens with one attached hydrogen (secondary N) is 2. The number of hydrogen-bond donors (Lipinski definition) is 3. The zero-order chi connectivity index (χ0) is 13.3. The standard InChI is InChI=1S/C12H15FN2O3/c1-6-10(11(12(16)17)15-14-6)8-5-7(13)3-4-9(8)18-2/h3-6,10-11,14-15H,1-2H3,(H,16,17). The van der Waals surface area contributed by atoms with Crippen LogP contribution in [0, 0.1) is 5.82 Å². The fourth-order valence-corrected chi connectivity index (χ4v) is 2.32. The van der Waals surface area contributed by atoms with E-state index in [4.69, 9.17) is 9.84 Å². The molecular weight excluding hydrogens is 239 g/mol. The molecule has 3 N–H and O–H groups in total. The highest BCUT2D eigenvalue weighted by Crippen LogP contribution is 2.34. The molecule has 5 nitrogen and oxygen atoms in total. The second kappa shape index (κ2) is 4.91. The summed E-state index contributed by atoms with van der Waals surface area (Å²) < 4.78 is 18.5. The van der Waals surface area contributed by atoms with Crippen LogP contribution in [0.2, 0.25) is 0 Å². The Morgan fingerprint density at radius 3 is 2.78 bits per heavy atom. The van der Waals surface area contributed by atoms with Gasteiger partial charge < -0.3 is 9.84 Å². The largest absolute Gasteiger partial charge is 0.496 e. The maximum absolute atomic E-state index is 13.3. The number of rotatable bonds is 3. The van der Waals surface area contributed by atoms with Gasteiger partial charge in [-0.2, -0.15) is 0 Å². The van der Waals surface area contributed by atoms with E-state index in [0.717, 1.165) is 0 Å². The molecule has 1 fully saturated rings. The molecule has 1 aliphatic heterocycles. The minimum absolute atomic E-state index is 0.137. The van der Waals surface area contributed by atoms with Crippen LogP contribution in [-0.2, 0) is 4.79 Å². The van der Waals surface area contributed by atoms with Crippen LogP contribution in [-0.4, -0.2) is 30.3 Å². The van der Waals surface area contributed by atoms with E-state index in [1.807, 2.05) is 6.92 Å². The predicted octanol–water partition coefficient (Wildman–Crippen LogP) is 0.867. The Morgan fingerprint density at radius 1 is 1.44 bits per heavy atom. The first-order chi connectivity index (χ1) is 8.54. The summed E-state index contributed by atoms with van der Waals surface area (Å²) >= 11 is 0. The molecule has 1 aromatic carbocycles. The summed E-state index contributed by atoms with van der Waals surface area (Å²) in [4.78, 5) is 11.2. The molecule has 18 heavy (non-hydrogen) atoms. The number of ether oxygens (including phenoxy) is 1. The summed E-state index contributed by atoms with van der Waals surface area (Å²) in [6, 6.07) is 3.18. The highest BCUT2D eigenvalue weighted by molar-refractivity contribution is 5.76. The van der Waals surface area contributed by atoms with Crippen molar-refractivity contribution < 1.29 is 19.0 Å². The lowest BCUT2D eigenvalue weighted by Gasteiger charge is -2.20. The Morgan fingerprint density at radius 2 is 2.17 bits per heavy atom. The van der Waals surface area contributed by atoms with Crippen LogP contribution >= 0.6 is 0 Å². The Kier molecular flexibility index (Phi) is 3.49. The van der Waals surface area contributed by atoms with Gasteiger partial charge in [-0.25, -0.2) is 9.82 Å². The second-order valence-electron chi connectivity index (χ2n) is 4.31. The molecule has 1 aromatic rings. The number of hydrogen-bond acceptors (Lipinski definition) is 4. The van der Waals surface area contributed by atoms with E-state index in [-0.39, 0.29) is 6.04 Å². The molecule has 0 spiro atoms. The number of methoxy groups -OCH3 is 1. The van der Waals surface area contributed by atoms with Crippen molar-refractivity contribution in [2.24, 2.45) is 0 Å². The Labute approximate surface area is 104 Å². The van der Waals surface area contributed by atoms with E-state index >= 15 is 0 Å². The maximum atomic E-state index is 13.3. The van der Waals surface area contributed by atoms with Crippen molar-refractivity contribution >= 4 is 5.97 Å². The summed E-state index contributed by atoms with van der Waals surface area (Å²) in [5.41, 5.74) is 6.11. The maximum Gasteiger partial charge on any atom is 0.322 e. The molecule has 0 amide bonds. The Bertz CT molecular complexity index is 467. The molecule has 98 valence electrons. The van der Waals surface area contributed by atoms with Gasteiger partial charge in [0.05, 0.1) is 7.11 Å². The van der Waals surface area contributed by atoms with Crippen LogP contribution < -0.4 is 15.6 Å². The number of halogens is 1. The molecule has 0 aromatic heterocycles. The molecule has 0 bridgehead atoms. The number of benzene rings is 1. The fraction of sp³-hybridized carbons (Fsp3) is 0.417. The summed E-state index contributed by atoms with van der Waals surface area (Å²) in [6.45, 7) is 1.84. The molecule has 1 saturated heterocycles. The SMILES string of the molecule is COc1ccc(F)cc1C1C(C)NNC1C(=O)O. The number of carboxylic acids is 1. The topological polar surface area (TPSA) is 70.6 Å². The van der Waals surface area contributed by atoms with Crippen molar-refractivity contribution in [1.82, 2.24) is 10.9 Å². The smallest absolute Gasteiger partial charge is 0.322 e. The normalized spacial score (nSPS) is 27.2. The van der Waals surface area contributed by atoms with E-state index in [1.54, 1.807) is 0 Å². The van der Waals surface area contributed by atoms with Gasteiger partial charge in [0.15, 0.2) is 0 Å². The molecule has 2 rings (SSSR count). The van der Waals surface area contributed by atoms with Crippen molar-refractivity contribution in [3.8, 4) is 5.75 Å². The van der Waals surface area contributed by atoms with E-state index in [1.165, 1.54) is 25.3 Å². The van der Waals surface area contributed by atoms with Crippen LogP contribution in [0.5, 0.6) is 5.75 Å². The first-order valence-electron chi connectivity index (χ1n) is 5.62. The van der Waals surface area contributed by atoms with Crippen LogP contribution in [0.3, 0.4) is 0 Å². The van der Waals surface area contributed by atoms with Gasteiger partial charge in [-0.1, -0.05) is 0 Å². The van der Waals surface area contributed by atoms with E-state index < -0.39 is 23.7 Å². The molecule has 3 unspecified atom stereocenters. The molecular formula is C12H15FN2O3. The Hall–Kier alpha value is -1.66. The van der Waals surface area contributed by atoms with Gasteiger partial charge in [0, 0.05) is 17.5 Å². The zero-order valence-corrected chi connectivity index (χ0v) is 10.1. The minimum atomic E-state index is -0.983. The number of aliphatic carboxylic acids is 1. The fourth-order valence-electron chi connectivity index (χ4n) is 2.32. The van der Waals surface area contributed by atoms with Crippen molar-refractivity contribution in [1.29, 1.82) is 0 Å². The highest BCUT2D eigenvalue weighted by Gasteiger charge is 2.40. The summed E-state index contributed by atoms with van der Waals surface area (Å²) in [6.07, 6.45) is 0. The summed E-state index contributed by atoms with van der Waals surface area (Å²) in [5.74, 6) is -1.30. The molecule has 1 heterocycles. The molecule has 0 saturated carbocycles. The number of carbonyl (C=O) groups is 1. The van der Waals surface area contributed by atoms with Crippen molar-refractivity contribution in [2.75, 3.05) is 7.11 Å². The first-order valence-corrected chi connectivity index (χ1v) is 5.62. The third-order valence-corrected chi connectivity index (χ3v) is 3.18. The van der Waals surface area contributed by atoms with Gasteiger partial charge >= 0.3 is 5.97 Å². The minimum Gasteiger partial charge on any atom is -0.496 e. The molecule has 3 atom stereocenters. The summed E-state index contributed by atoms with van der Waals surface area (Å²) in [5, 5.41) is 9.16. The second-order valence-corrected chi connectivity index (χ2v) is 4.31. The lowest BCUT2D eigenvalue weighted by atomic mass is 9.87. The van der Waals surface area contributed by atoms with Gasteiger partial charge in [-0.15, -0.1) is 0 Å². The van der Waals surface area contributed by atoms with Crippen molar-refractivity contribution in [3.63, 3.8) is 0 Å². The predicted molar refractivity (Wildman–Crippen MR) is 62.9 cm³/mol. The third-order valence-electron chi connectivity index (χ3n) is 3.18. The van der Waals surface area contributed by atoms with Gasteiger partial charge in [-0.05, 0) is 25.1 Å². The highest BCUT2D eigenvalue weighted by atomic mass is 19.1. The monoisotopic (exact) mass is 254 g/mol. The number of carboxylic acid groups (broad SMARTS) is 1. The molecule has 1 aliphatic rings. The van der Waals surface area contributed by atoms with Crippen LogP contribution in [0.25, 0.3) is 0 Å². The van der Waals surface area contributed by atoms with Crippen LogP contribution in [0.4, 0.5) is 4.39 Å². The van der Waals surface area contributed by atoms with Gasteiger partial charge in [0.1, 0.15) is 17.6 Å². The average molecular weight is 254 g/mol. The lowest BCUT2D eigenvalue weighted by Crippen LogP contribution is -2.38. The lowest BCUT2D eigenvalue weighted by molar-refractivity contribution is -0.139. The molecule has 0 aliphatic carbocycles. The van der Waals surface area contributed by atoms with Gasteiger partial charge in [0.25, 0.3) is 0 Å². The van der Waals surface area contributed by atoms with Gasteiger partial charge in [-0.3, -0.25) is 10.2 Å². The van der Waals surface area contributed by atoms with E-state index in [0.29, 0.717) is 11.3 Å². The molecule has 6 heteroatoms. The van der Waals surface area contributed by atoms with Crippen LogP contribution in [0.15, 0.2) is 18.2 Å². The van der Waals surface area contributed by atoms with E-state index in [9.17, 15) is 9.18 Å². The Balaban J connectivity index is 2.45. The quantitative estimate of drug-likeness (QED) is 0.746.